The number of ether oxygens (including phenoxy) is 2. The topological polar surface area (TPSA) is 90.4 Å². The molecule has 0 bridgehead atoms. The van der Waals surface area contributed by atoms with Crippen LogP contribution in [0.15, 0.2) is 72.8 Å². The van der Waals surface area contributed by atoms with Crippen molar-refractivity contribution in [1.82, 2.24) is 5.10 Å². The largest absolute Gasteiger partial charge is 1.00 e. The molecule has 10 heteroatoms. The molecule has 156 valence electrons. The van der Waals surface area contributed by atoms with E-state index in [-0.39, 0.29) is 24.9 Å². The molecule has 31 heavy (non-hydrogen) atoms. The molecule has 1 aliphatic heterocycles. The summed E-state index contributed by atoms with van der Waals surface area (Å²) in [4.78, 5) is 11.4. The van der Waals surface area contributed by atoms with E-state index in [9.17, 15) is 10.1 Å². The van der Waals surface area contributed by atoms with Gasteiger partial charge in [-0.2, -0.15) is 0 Å². The summed E-state index contributed by atoms with van der Waals surface area (Å²) >= 11 is 1.32. The zero-order chi connectivity index (χ0) is 20.5. The molecule has 0 amide bonds. The van der Waals surface area contributed by atoms with Gasteiger partial charge in [-0.25, -0.2) is 0 Å². The summed E-state index contributed by atoms with van der Waals surface area (Å²) in [5, 5.41) is 21.0. The van der Waals surface area contributed by atoms with Crippen LogP contribution < -0.4 is 31.9 Å². The monoisotopic (exact) mass is 454 g/mol. The molecule has 0 atom stereocenters. The average molecular weight is 455 g/mol. The Morgan fingerprint density at radius 2 is 1.65 bits per heavy atom. The quantitative estimate of drug-likeness (QED) is 0.279. The van der Waals surface area contributed by atoms with E-state index in [0.717, 1.165) is 11.4 Å². The van der Waals surface area contributed by atoms with Crippen LogP contribution in [0.25, 0.3) is 16.3 Å². The van der Waals surface area contributed by atoms with Crippen molar-refractivity contribution in [3.05, 3.63) is 82.9 Å². The lowest BCUT2D eigenvalue weighted by atomic mass is 10.1. The van der Waals surface area contributed by atoms with Gasteiger partial charge < -0.3 is 27.2 Å². The van der Waals surface area contributed by atoms with Gasteiger partial charge in [0.05, 0.1) is 11.0 Å². The van der Waals surface area contributed by atoms with Gasteiger partial charge in [-0.1, -0.05) is 36.4 Å². The molecule has 8 nitrogen and oxygen atoms in total. The van der Waals surface area contributed by atoms with Crippen LogP contribution in [0.2, 0.25) is 0 Å². The van der Waals surface area contributed by atoms with E-state index in [4.69, 9.17) is 9.47 Å². The fourth-order valence-electron chi connectivity index (χ4n) is 3.15. The summed E-state index contributed by atoms with van der Waals surface area (Å²) in [6.07, 6.45) is 0. The number of benzene rings is 3. The van der Waals surface area contributed by atoms with Crippen LogP contribution in [-0.2, 0) is 0 Å². The molecular formula is C21H15ClN4O4S. The minimum Gasteiger partial charge on any atom is -1.00 e. The second-order valence-electron chi connectivity index (χ2n) is 6.43. The SMILES string of the molecule is O=[N+]([O-])c1cc2c(cc1-c1sc(Nc3ccccc3)n[n+]1-c1ccccc1)OCO2.[Cl-]. The summed E-state index contributed by atoms with van der Waals surface area (Å²) < 4.78 is 12.5. The smallest absolute Gasteiger partial charge is 0.312 e. The Morgan fingerprint density at radius 3 is 2.32 bits per heavy atom. The molecule has 3 aromatic carbocycles. The summed E-state index contributed by atoms with van der Waals surface area (Å²) in [7, 11) is 0. The fraction of sp³-hybridized carbons (Fsp3) is 0.0476. The van der Waals surface area contributed by atoms with Gasteiger partial charge in [0.15, 0.2) is 11.5 Å². The average Bonchev–Trinajstić information content (AvgIpc) is 3.40. The minimum atomic E-state index is -0.420. The van der Waals surface area contributed by atoms with E-state index in [1.54, 1.807) is 10.7 Å². The minimum absolute atomic E-state index is 0. The third kappa shape index (κ3) is 4.00. The number of para-hydroxylation sites is 2. The number of rotatable bonds is 5. The highest BCUT2D eigenvalue weighted by molar-refractivity contribution is 7.18. The van der Waals surface area contributed by atoms with Crippen molar-refractivity contribution in [2.24, 2.45) is 0 Å². The maximum atomic E-state index is 11.8. The number of nitro benzene ring substituents is 1. The third-order valence-electron chi connectivity index (χ3n) is 4.52. The van der Waals surface area contributed by atoms with E-state index in [2.05, 4.69) is 10.4 Å². The van der Waals surface area contributed by atoms with Crippen molar-refractivity contribution in [2.45, 2.75) is 0 Å². The van der Waals surface area contributed by atoms with Crippen LogP contribution in [0.5, 0.6) is 11.5 Å². The first-order valence-corrected chi connectivity index (χ1v) is 9.90. The Hall–Kier alpha value is -3.69. The van der Waals surface area contributed by atoms with Gasteiger partial charge in [0.1, 0.15) is 5.56 Å². The lowest BCUT2D eigenvalue weighted by Gasteiger charge is -2.01. The van der Waals surface area contributed by atoms with Gasteiger partial charge >= 0.3 is 5.01 Å². The molecule has 2 heterocycles. The molecular weight excluding hydrogens is 440 g/mol. The van der Waals surface area contributed by atoms with Crippen LogP contribution in [0.3, 0.4) is 0 Å². The summed E-state index contributed by atoms with van der Waals surface area (Å²) in [6, 6.07) is 22.2. The number of aromatic nitrogens is 2. The Balaban J connectivity index is 0.00000231. The molecule has 0 saturated carbocycles. The first-order chi connectivity index (χ1) is 14.7. The normalized spacial score (nSPS) is 11.6. The van der Waals surface area contributed by atoms with Crippen molar-refractivity contribution < 1.29 is 31.5 Å². The molecule has 1 aromatic heterocycles. The molecule has 5 rings (SSSR count). The number of nitro groups is 1. The summed E-state index contributed by atoms with van der Waals surface area (Å²) in [6.45, 7) is 0.0398. The number of hydrogen-bond donors (Lipinski definition) is 1. The Bertz CT molecular complexity index is 1240. The van der Waals surface area contributed by atoms with Crippen LogP contribution in [0.1, 0.15) is 0 Å². The molecule has 0 radical (unpaired) electrons. The fourth-order valence-corrected chi connectivity index (χ4v) is 4.13. The van der Waals surface area contributed by atoms with Gasteiger partial charge in [0.2, 0.25) is 12.5 Å². The van der Waals surface area contributed by atoms with Crippen LogP contribution in [-0.4, -0.2) is 16.8 Å². The van der Waals surface area contributed by atoms with Gasteiger partial charge in [-0.3, -0.25) is 10.1 Å². The van der Waals surface area contributed by atoms with Gasteiger partial charge in [-0.05, 0) is 28.2 Å². The Kier molecular flexibility index (Phi) is 5.70. The van der Waals surface area contributed by atoms with Gasteiger partial charge in [0, 0.05) is 29.0 Å². The van der Waals surface area contributed by atoms with Crippen LogP contribution >= 0.6 is 11.3 Å². The highest BCUT2D eigenvalue weighted by atomic mass is 35.5. The Morgan fingerprint density at radius 1 is 1.00 bits per heavy atom. The van der Waals surface area contributed by atoms with E-state index in [0.29, 0.717) is 27.2 Å². The van der Waals surface area contributed by atoms with E-state index in [1.807, 2.05) is 60.7 Å². The number of hydrogen-bond acceptors (Lipinski definition) is 7. The number of nitrogens with zero attached hydrogens (tertiary/aromatic N) is 3. The van der Waals surface area contributed by atoms with E-state index >= 15 is 0 Å². The number of halogens is 1. The lowest BCUT2D eigenvalue weighted by Crippen LogP contribution is -3.00. The third-order valence-corrected chi connectivity index (χ3v) is 5.48. The van der Waals surface area contributed by atoms with Crippen molar-refractivity contribution in [3.8, 4) is 27.8 Å². The van der Waals surface area contributed by atoms with Crippen molar-refractivity contribution in [3.63, 3.8) is 0 Å². The van der Waals surface area contributed by atoms with Crippen molar-refractivity contribution in [2.75, 3.05) is 12.1 Å². The predicted molar refractivity (Wildman–Crippen MR) is 112 cm³/mol. The molecule has 0 saturated heterocycles. The zero-order valence-corrected chi connectivity index (χ0v) is 17.5. The highest BCUT2D eigenvalue weighted by Crippen LogP contribution is 2.43. The Labute approximate surface area is 187 Å². The molecule has 1 aliphatic rings. The number of fused-ring (bicyclic) bond motifs is 1. The van der Waals surface area contributed by atoms with Crippen LogP contribution in [0, 0.1) is 10.1 Å². The van der Waals surface area contributed by atoms with Gasteiger partial charge in [0.25, 0.3) is 10.8 Å². The molecule has 1 N–H and O–H groups in total. The van der Waals surface area contributed by atoms with E-state index in [1.165, 1.54) is 17.4 Å². The molecule has 0 aliphatic carbocycles. The summed E-state index contributed by atoms with van der Waals surface area (Å²) in [5.74, 6) is 0.838. The number of nitrogens with one attached hydrogen (secondary N) is 1. The lowest BCUT2D eigenvalue weighted by molar-refractivity contribution is -0.642. The molecule has 0 unspecified atom stereocenters. The highest BCUT2D eigenvalue weighted by Gasteiger charge is 2.33. The molecule has 0 spiro atoms. The first-order valence-electron chi connectivity index (χ1n) is 9.08. The van der Waals surface area contributed by atoms with Gasteiger partial charge in [-0.15, -0.1) is 0 Å². The standard InChI is InChI=1S/C21H15N4O4S.ClH/c26-25(27)17-12-19-18(28-13-29-19)11-16(17)20-24(15-9-5-2-6-10-15)23-21(30-20)22-14-7-3-1-4-8-14;/h1-12H,13H2,(H,22,23);1H/q+1;/p-1. The predicted octanol–water partition coefficient (Wildman–Crippen LogP) is 1.47. The second kappa shape index (κ2) is 8.58. The van der Waals surface area contributed by atoms with Crippen LogP contribution in [0.4, 0.5) is 16.5 Å². The first kappa shape index (κ1) is 20.6. The maximum Gasteiger partial charge on any atom is 0.312 e. The second-order valence-corrected chi connectivity index (χ2v) is 7.41. The molecule has 0 fully saturated rings. The number of anilines is 2. The van der Waals surface area contributed by atoms with Crippen molar-refractivity contribution in [1.29, 1.82) is 0 Å². The summed E-state index contributed by atoms with van der Waals surface area (Å²) in [5.41, 5.74) is 2.00. The van der Waals surface area contributed by atoms with Crippen molar-refractivity contribution >= 4 is 27.8 Å². The van der Waals surface area contributed by atoms with E-state index < -0.39 is 4.92 Å². The zero-order valence-electron chi connectivity index (χ0n) is 15.9. The molecule has 4 aromatic rings. The maximum absolute atomic E-state index is 11.8.